The monoisotopic (exact) mass is 404 g/mol. The quantitative estimate of drug-likeness (QED) is 0.249. The van der Waals surface area contributed by atoms with Gasteiger partial charge in [0.25, 0.3) is 0 Å². The van der Waals surface area contributed by atoms with E-state index in [1.165, 1.54) is 24.3 Å². The fraction of sp³-hybridized carbons (Fsp3) is 0.0769. The molecule has 4 rings (SSSR count). The predicted octanol–water partition coefficient (Wildman–Crippen LogP) is 7.03. The summed E-state index contributed by atoms with van der Waals surface area (Å²) in [6, 6.07) is 16.2. The molecule has 0 radical (unpaired) electrons. The van der Waals surface area contributed by atoms with Crippen LogP contribution in [0.15, 0.2) is 66.7 Å². The second kappa shape index (κ2) is 8.04. The summed E-state index contributed by atoms with van der Waals surface area (Å²) < 4.78 is 56.7. The van der Waals surface area contributed by atoms with Gasteiger partial charge in [-0.25, -0.2) is 17.6 Å². The highest BCUT2D eigenvalue weighted by Crippen LogP contribution is 2.27. The maximum absolute atomic E-state index is 14.6. The van der Waals surface area contributed by atoms with Crippen LogP contribution in [0, 0.1) is 35.1 Å². The zero-order valence-corrected chi connectivity index (χ0v) is 16.1. The van der Waals surface area contributed by atoms with Crippen LogP contribution in [-0.2, 0) is 6.42 Å². The molecule has 0 aliphatic rings. The Morgan fingerprint density at radius 1 is 0.667 bits per heavy atom. The summed E-state index contributed by atoms with van der Waals surface area (Å²) in [7, 11) is 0. The van der Waals surface area contributed by atoms with Gasteiger partial charge in [0.15, 0.2) is 0 Å². The Kier molecular flexibility index (Phi) is 5.29. The number of hydrogen-bond acceptors (Lipinski definition) is 0. The van der Waals surface area contributed by atoms with Crippen molar-refractivity contribution < 1.29 is 17.6 Å². The predicted molar refractivity (Wildman–Crippen MR) is 111 cm³/mol. The third-order valence-electron chi connectivity index (χ3n) is 4.93. The van der Waals surface area contributed by atoms with Crippen LogP contribution in [0.4, 0.5) is 17.6 Å². The lowest BCUT2D eigenvalue weighted by molar-refractivity contribution is 0.577. The number of rotatable bonds is 2. The Bertz CT molecular complexity index is 1300. The average molecular weight is 404 g/mol. The first-order valence-electron chi connectivity index (χ1n) is 9.44. The highest BCUT2D eigenvalue weighted by atomic mass is 19.1. The van der Waals surface area contributed by atoms with E-state index in [4.69, 9.17) is 0 Å². The molecule has 0 spiro atoms. The van der Waals surface area contributed by atoms with Crippen LogP contribution in [0.3, 0.4) is 0 Å². The van der Waals surface area contributed by atoms with Crippen molar-refractivity contribution in [1.82, 2.24) is 0 Å². The second-order valence-electron chi connectivity index (χ2n) is 6.94. The summed E-state index contributed by atoms with van der Waals surface area (Å²) in [5.41, 5.74) is 1.20. The molecule has 148 valence electrons. The molecule has 30 heavy (non-hydrogen) atoms. The van der Waals surface area contributed by atoms with E-state index in [2.05, 4.69) is 11.8 Å². The zero-order valence-electron chi connectivity index (χ0n) is 16.1. The molecule has 0 nitrogen and oxygen atoms in total. The van der Waals surface area contributed by atoms with Crippen LogP contribution < -0.4 is 0 Å². The smallest absolute Gasteiger partial charge is 0.142 e. The van der Waals surface area contributed by atoms with Crippen molar-refractivity contribution >= 4 is 10.8 Å². The zero-order chi connectivity index (χ0) is 21.3. The van der Waals surface area contributed by atoms with Crippen molar-refractivity contribution in [2.45, 2.75) is 13.3 Å². The summed E-state index contributed by atoms with van der Waals surface area (Å²) in [5.74, 6) is 2.66. The lowest BCUT2D eigenvalue weighted by Crippen LogP contribution is -1.95. The molecule has 0 amide bonds. The van der Waals surface area contributed by atoms with Gasteiger partial charge >= 0.3 is 0 Å². The normalized spacial score (nSPS) is 10.7. The Morgan fingerprint density at radius 3 is 2.07 bits per heavy atom. The number of aryl methyl sites for hydroxylation is 1. The molecular formula is C26H16F4. The van der Waals surface area contributed by atoms with Crippen LogP contribution in [0.5, 0.6) is 0 Å². The van der Waals surface area contributed by atoms with Crippen LogP contribution in [0.1, 0.15) is 23.6 Å². The molecule has 0 atom stereocenters. The highest BCUT2D eigenvalue weighted by Gasteiger charge is 2.13. The second-order valence-corrected chi connectivity index (χ2v) is 6.94. The van der Waals surface area contributed by atoms with Crippen LogP contribution in [0.25, 0.3) is 21.9 Å². The molecule has 4 heteroatoms. The maximum Gasteiger partial charge on any atom is 0.142 e. The minimum absolute atomic E-state index is 0.114. The molecule has 0 saturated heterocycles. The molecule has 0 aromatic heterocycles. The Balaban J connectivity index is 1.69. The van der Waals surface area contributed by atoms with Crippen LogP contribution in [-0.4, -0.2) is 0 Å². The van der Waals surface area contributed by atoms with Gasteiger partial charge in [-0.2, -0.15) is 0 Å². The minimum atomic E-state index is -0.862. The van der Waals surface area contributed by atoms with Gasteiger partial charge in [-0.3, -0.25) is 0 Å². The summed E-state index contributed by atoms with van der Waals surface area (Å²) in [6.07, 6.45) is 0.665. The lowest BCUT2D eigenvalue weighted by atomic mass is 10.00. The van der Waals surface area contributed by atoms with Gasteiger partial charge in [-0.05, 0) is 70.8 Å². The van der Waals surface area contributed by atoms with Gasteiger partial charge in [0, 0.05) is 11.1 Å². The van der Waals surface area contributed by atoms with Gasteiger partial charge < -0.3 is 0 Å². The molecule has 0 aliphatic heterocycles. The van der Waals surface area contributed by atoms with Gasteiger partial charge in [0.1, 0.15) is 23.3 Å². The van der Waals surface area contributed by atoms with Crippen molar-refractivity contribution in [3.05, 3.63) is 107 Å². The Hall–Kier alpha value is -3.58. The van der Waals surface area contributed by atoms with Gasteiger partial charge in [0.05, 0.1) is 5.56 Å². The number of hydrogen-bond donors (Lipinski definition) is 0. The third kappa shape index (κ3) is 3.92. The van der Waals surface area contributed by atoms with Gasteiger partial charge in [0.2, 0.25) is 0 Å². The Morgan fingerprint density at radius 2 is 1.37 bits per heavy atom. The van der Waals surface area contributed by atoms with Crippen LogP contribution in [0.2, 0.25) is 0 Å². The molecule has 0 N–H and O–H groups in total. The van der Waals surface area contributed by atoms with E-state index in [0.29, 0.717) is 17.4 Å². The van der Waals surface area contributed by atoms with Crippen molar-refractivity contribution in [3.8, 4) is 23.0 Å². The first-order chi connectivity index (χ1) is 14.4. The Labute approximate surface area is 171 Å². The van der Waals surface area contributed by atoms with Crippen molar-refractivity contribution in [2.75, 3.05) is 0 Å². The van der Waals surface area contributed by atoms with E-state index in [0.717, 1.165) is 23.1 Å². The summed E-state index contributed by atoms with van der Waals surface area (Å²) in [4.78, 5) is 0. The maximum atomic E-state index is 14.6. The molecule has 0 unspecified atom stereocenters. The molecule has 4 aromatic rings. The standard InChI is InChI=1S/C26H16F4/c1-2-16-4-9-22(24(28)12-16)20-14-25(29)23(26(30)15-20)10-5-17-3-6-19-13-21(27)8-7-18(19)11-17/h3-4,6-9,11-15H,2H2,1H3. The third-order valence-corrected chi connectivity index (χ3v) is 4.93. The summed E-state index contributed by atoms with van der Waals surface area (Å²) in [6.45, 7) is 1.90. The fourth-order valence-electron chi connectivity index (χ4n) is 3.29. The van der Waals surface area contributed by atoms with E-state index in [-0.39, 0.29) is 22.5 Å². The van der Waals surface area contributed by atoms with Crippen molar-refractivity contribution in [2.24, 2.45) is 0 Å². The molecule has 0 saturated carbocycles. The summed E-state index contributed by atoms with van der Waals surface area (Å²) in [5, 5.41) is 1.48. The number of benzene rings is 4. The highest BCUT2D eigenvalue weighted by molar-refractivity contribution is 5.84. The summed E-state index contributed by atoms with van der Waals surface area (Å²) >= 11 is 0. The van der Waals surface area contributed by atoms with Crippen molar-refractivity contribution in [3.63, 3.8) is 0 Å². The molecule has 0 aliphatic carbocycles. The van der Waals surface area contributed by atoms with E-state index >= 15 is 0 Å². The van der Waals surface area contributed by atoms with Gasteiger partial charge in [-0.15, -0.1) is 0 Å². The number of halogens is 4. The van der Waals surface area contributed by atoms with E-state index in [1.807, 2.05) is 6.92 Å². The topological polar surface area (TPSA) is 0 Å². The molecule has 0 fully saturated rings. The first-order valence-corrected chi connectivity index (χ1v) is 9.44. The molecule has 0 bridgehead atoms. The minimum Gasteiger partial charge on any atom is -0.207 e. The largest absolute Gasteiger partial charge is 0.207 e. The van der Waals surface area contributed by atoms with Gasteiger partial charge in [-0.1, -0.05) is 43.0 Å². The van der Waals surface area contributed by atoms with Crippen LogP contribution >= 0.6 is 0 Å². The molecule has 4 aromatic carbocycles. The SMILES string of the molecule is CCc1ccc(-c2cc(F)c(C#Cc3ccc4cc(F)ccc4c3)c(F)c2)c(F)c1. The lowest BCUT2D eigenvalue weighted by Gasteiger charge is -2.07. The van der Waals surface area contributed by atoms with Crippen molar-refractivity contribution in [1.29, 1.82) is 0 Å². The average Bonchev–Trinajstić information content (AvgIpc) is 2.72. The number of fused-ring (bicyclic) bond motifs is 1. The van der Waals surface area contributed by atoms with E-state index < -0.39 is 17.5 Å². The van der Waals surface area contributed by atoms with E-state index in [9.17, 15) is 17.6 Å². The van der Waals surface area contributed by atoms with E-state index in [1.54, 1.807) is 30.3 Å². The fourth-order valence-corrected chi connectivity index (χ4v) is 3.29. The first kappa shape index (κ1) is 19.7. The molecular weight excluding hydrogens is 388 g/mol. The molecule has 0 heterocycles.